The second kappa shape index (κ2) is 6.35. The number of piperidine rings is 1. The van der Waals surface area contributed by atoms with Crippen LogP contribution < -0.4 is 5.32 Å². The van der Waals surface area contributed by atoms with Crippen molar-refractivity contribution in [1.82, 2.24) is 10.2 Å². The monoisotopic (exact) mass is 246 g/mol. The highest BCUT2D eigenvalue weighted by molar-refractivity contribution is 5.24. The molecule has 100 valence electrons. The Morgan fingerprint density at radius 1 is 1.33 bits per heavy atom. The number of benzene rings is 1. The second-order valence-electron chi connectivity index (χ2n) is 5.39. The fraction of sp³-hybridized carbons (Fsp3) is 0.625. The highest BCUT2D eigenvalue weighted by Gasteiger charge is 2.23. The minimum atomic E-state index is 0.534. The summed E-state index contributed by atoms with van der Waals surface area (Å²) >= 11 is 0. The van der Waals surface area contributed by atoms with Crippen LogP contribution in [0.5, 0.6) is 0 Å². The average molecular weight is 246 g/mol. The van der Waals surface area contributed by atoms with Gasteiger partial charge in [-0.05, 0) is 50.9 Å². The fourth-order valence-corrected chi connectivity index (χ4v) is 2.84. The molecule has 2 unspecified atom stereocenters. The molecule has 0 aromatic heterocycles. The zero-order valence-corrected chi connectivity index (χ0v) is 11.9. The van der Waals surface area contributed by atoms with Crippen molar-refractivity contribution in [3.63, 3.8) is 0 Å². The largest absolute Gasteiger partial charge is 0.316 e. The summed E-state index contributed by atoms with van der Waals surface area (Å²) in [6, 6.07) is 10.3. The molecule has 0 radical (unpaired) electrons. The van der Waals surface area contributed by atoms with Gasteiger partial charge in [0.05, 0.1) is 0 Å². The van der Waals surface area contributed by atoms with E-state index in [9.17, 15) is 0 Å². The Kier molecular flexibility index (Phi) is 4.79. The molecule has 0 amide bonds. The van der Waals surface area contributed by atoms with E-state index < -0.39 is 0 Å². The summed E-state index contributed by atoms with van der Waals surface area (Å²) in [5.74, 6) is 0. The third kappa shape index (κ3) is 3.12. The van der Waals surface area contributed by atoms with Crippen molar-refractivity contribution in [3.8, 4) is 0 Å². The van der Waals surface area contributed by atoms with Crippen LogP contribution in [0.4, 0.5) is 0 Å². The predicted molar refractivity (Wildman–Crippen MR) is 77.9 cm³/mol. The van der Waals surface area contributed by atoms with E-state index in [4.69, 9.17) is 0 Å². The van der Waals surface area contributed by atoms with Crippen LogP contribution in [0.25, 0.3) is 0 Å². The zero-order valence-electron chi connectivity index (χ0n) is 11.9. The SMILES string of the molecule is CCc1ccc(C(C)N2CCCC(NC)C2)cc1. The van der Waals surface area contributed by atoms with E-state index in [1.165, 1.54) is 37.1 Å². The van der Waals surface area contributed by atoms with Gasteiger partial charge in [-0.15, -0.1) is 0 Å². The molecule has 0 saturated carbocycles. The molecule has 2 atom stereocenters. The first-order chi connectivity index (χ1) is 8.74. The van der Waals surface area contributed by atoms with Crippen LogP contribution in [-0.2, 0) is 6.42 Å². The predicted octanol–water partition coefficient (Wildman–Crippen LogP) is 2.99. The number of aryl methyl sites for hydroxylation is 1. The van der Waals surface area contributed by atoms with Gasteiger partial charge in [-0.3, -0.25) is 4.90 Å². The number of hydrogen-bond acceptors (Lipinski definition) is 2. The first-order valence-corrected chi connectivity index (χ1v) is 7.24. The van der Waals surface area contributed by atoms with Gasteiger partial charge < -0.3 is 5.32 Å². The van der Waals surface area contributed by atoms with Crippen molar-refractivity contribution in [2.24, 2.45) is 0 Å². The van der Waals surface area contributed by atoms with Gasteiger partial charge >= 0.3 is 0 Å². The lowest BCUT2D eigenvalue weighted by Gasteiger charge is -2.37. The molecule has 1 aromatic carbocycles. The van der Waals surface area contributed by atoms with Crippen LogP contribution in [0.3, 0.4) is 0 Å². The Hall–Kier alpha value is -0.860. The molecule has 1 aliphatic rings. The Morgan fingerprint density at radius 3 is 2.67 bits per heavy atom. The van der Waals surface area contributed by atoms with Crippen LogP contribution in [0.1, 0.15) is 43.9 Å². The number of likely N-dealkylation sites (N-methyl/N-ethyl adjacent to an activating group) is 1. The number of likely N-dealkylation sites (tertiary alicyclic amines) is 1. The maximum absolute atomic E-state index is 3.42. The van der Waals surface area contributed by atoms with Crippen molar-refractivity contribution < 1.29 is 0 Å². The third-order valence-corrected chi connectivity index (χ3v) is 4.28. The minimum absolute atomic E-state index is 0.534. The van der Waals surface area contributed by atoms with Gasteiger partial charge in [-0.1, -0.05) is 31.2 Å². The first-order valence-electron chi connectivity index (χ1n) is 7.24. The lowest BCUT2D eigenvalue weighted by molar-refractivity contribution is 0.149. The summed E-state index contributed by atoms with van der Waals surface area (Å²) in [6.07, 6.45) is 3.75. The first kappa shape index (κ1) is 13.6. The molecular weight excluding hydrogens is 220 g/mol. The van der Waals surface area contributed by atoms with E-state index in [1.54, 1.807) is 0 Å². The molecule has 2 heteroatoms. The van der Waals surface area contributed by atoms with Gasteiger partial charge in [0.1, 0.15) is 0 Å². The minimum Gasteiger partial charge on any atom is -0.316 e. The van der Waals surface area contributed by atoms with E-state index in [1.807, 2.05) is 0 Å². The normalized spacial score (nSPS) is 22.9. The summed E-state index contributed by atoms with van der Waals surface area (Å²) in [4.78, 5) is 2.60. The quantitative estimate of drug-likeness (QED) is 0.878. The average Bonchev–Trinajstić information content (AvgIpc) is 2.46. The van der Waals surface area contributed by atoms with Crippen molar-refractivity contribution in [3.05, 3.63) is 35.4 Å². The number of hydrogen-bond donors (Lipinski definition) is 1. The lowest BCUT2D eigenvalue weighted by atomic mass is 9.99. The number of rotatable bonds is 4. The van der Waals surface area contributed by atoms with Crippen LogP contribution in [-0.4, -0.2) is 31.1 Å². The zero-order chi connectivity index (χ0) is 13.0. The molecule has 0 aliphatic carbocycles. The molecule has 1 aromatic rings. The lowest BCUT2D eigenvalue weighted by Crippen LogP contribution is -2.45. The van der Waals surface area contributed by atoms with E-state index in [0.717, 1.165) is 6.42 Å². The van der Waals surface area contributed by atoms with Crippen LogP contribution in [0.2, 0.25) is 0 Å². The van der Waals surface area contributed by atoms with Crippen molar-refractivity contribution in [2.45, 2.75) is 45.2 Å². The molecule has 1 saturated heterocycles. The van der Waals surface area contributed by atoms with Gasteiger partial charge in [0.25, 0.3) is 0 Å². The molecular formula is C16H26N2. The number of nitrogens with zero attached hydrogens (tertiary/aromatic N) is 1. The third-order valence-electron chi connectivity index (χ3n) is 4.28. The van der Waals surface area contributed by atoms with E-state index in [0.29, 0.717) is 12.1 Å². The van der Waals surface area contributed by atoms with Crippen molar-refractivity contribution in [2.75, 3.05) is 20.1 Å². The smallest absolute Gasteiger partial charge is 0.0320 e. The standard InChI is InChI=1S/C16H26N2/c1-4-14-7-9-15(10-8-14)13(2)18-11-5-6-16(12-18)17-3/h7-10,13,16-17H,4-6,11-12H2,1-3H3. The molecule has 2 rings (SSSR count). The second-order valence-corrected chi connectivity index (χ2v) is 5.39. The Labute approximate surface area is 111 Å². The van der Waals surface area contributed by atoms with Crippen LogP contribution in [0, 0.1) is 0 Å². The van der Waals surface area contributed by atoms with Gasteiger partial charge in [-0.2, -0.15) is 0 Å². The summed E-state index contributed by atoms with van der Waals surface area (Å²) in [5, 5.41) is 3.42. The van der Waals surface area contributed by atoms with Gasteiger partial charge in [0.15, 0.2) is 0 Å². The Morgan fingerprint density at radius 2 is 2.06 bits per heavy atom. The molecule has 2 nitrogen and oxygen atoms in total. The fourth-order valence-electron chi connectivity index (χ4n) is 2.84. The Balaban J connectivity index is 2.02. The highest BCUT2D eigenvalue weighted by Crippen LogP contribution is 2.24. The van der Waals surface area contributed by atoms with Gasteiger partial charge in [-0.25, -0.2) is 0 Å². The number of nitrogens with one attached hydrogen (secondary N) is 1. The van der Waals surface area contributed by atoms with Crippen LogP contribution >= 0.6 is 0 Å². The summed E-state index contributed by atoms with van der Waals surface area (Å²) in [6.45, 7) is 6.95. The van der Waals surface area contributed by atoms with Crippen molar-refractivity contribution in [1.29, 1.82) is 0 Å². The summed E-state index contributed by atoms with van der Waals surface area (Å²) in [7, 11) is 2.08. The highest BCUT2D eigenvalue weighted by atomic mass is 15.2. The molecule has 1 N–H and O–H groups in total. The van der Waals surface area contributed by atoms with Gasteiger partial charge in [0, 0.05) is 18.6 Å². The van der Waals surface area contributed by atoms with Gasteiger partial charge in [0.2, 0.25) is 0 Å². The Bertz CT molecular complexity index is 358. The van der Waals surface area contributed by atoms with E-state index >= 15 is 0 Å². The molecule has 0 bridgehead atoms. The van der Waals surface area contributed by atoms with E-state index in [2.05, 4.69) is 55.4 Å². The molecule has 0 spiro atoms. The molecule has 18 heavy (non-hydrogen) atoms. The van der Waals surface area contributed by atoms with Crippen LogP contribution in [0.15, 0.2) is 24.3 Å². The van der Waals surface area contributed by atoms with E-state index in [-0.39, 0.29) is 0 Å². The summed E-state index contributed by atoms with van der Waals surface area (Å²) < 4.78 is 0. The topological polar surface area (TPSA) is 15.3 Å². The molecule has 1 heterocycles. The summed E-state index contributed by atoms with van der Waals surface area (Å²) in [5.41, 5.74) is 2.88. The molecule has 1 aliphatic heterocycles. The van der Waals surface area contributed by atoms with Crippen molar-refractivity contribution >= 4 is 0 Å². The maximum Gasteiger partial charge on any atom is 0.0320 e. The maximum atomic E-state index is 3.42. The molecule has 1 fully saturated rings.